The average Bonchev–Trinajstić information content (AvgIpc) is 3.02. The quantitative estimate of drug-likeness (QED) is 0.647. The van der Waals surface area contributed by atoms with Gasteiger partial charge in [-0.1, -0.05) is 12.1 Å². The molecule has 26 heavy (non-hydrogen) atoms. The van der Waals surface area contributed by atoms with Crippen LogP contribution in [-0.4, -0.2) is 38.7 Å². The van der Waals surface area contributed by atoms with Crippen LogP contribution in [0.3, 0.4) is 0 Å². The van der Waals surface area contributed by atoms with Gasteiger partial charge in [-0.05, 0) is 24.1 Å². The molecule has 0 aliphatic rings. The maximum atomic E-state index is 10.9. The van der Waals surface area contributed by atoms with E-state index in [2.05, 4.69) is 9.71 Å². The molecule has 1 heterocycles. The smallest absolute Gasteiger partial charge is 0.274 e. The van der Waals surface area contributed by atoms with Crippen LogP contribution in [0.4, 0.5) is 0 Å². The monoisotopic (exact) mass is 376 g/mol. The van der Waals surface area contributed by atoms with Gasteiger partial charge in [-0.15, -0.1) is 0 Å². The van der Waals surface area contributed by atoms with Crippen molar-refractivity contribution in [2.45, 2.75) is 6.42 Å². The molecule has 0 amide bonds. The van der Waals surface area contributed by atoms with Crippen molar-refractivity contribution in [1.29, 1.82) is 0 Å². The van der Waals surface area contributed by atoms with Gasteiger partial charge in [0.2, 0.25) is 0 Å². The lowest BCUT2D eigenvalue weighted by Gasteiger charge is -2.10. The summed E-state index contributed by atoms with van der Waals surface area (Å²) in [4.78, 5) is 4.41. The van der Waals surface area contributed by atoms with Gasteiger partial charge in [0, 0.05) is 24.4 Å². The molecule has 0 atom stereocenters. The number of nitrogens with one attached hydrogen (secondary N) is 1. The van der Waals surface area contributed by atoms with Crippen molar-refractivity contribution in [3.05, 3.63) is 48.3 Å². The third-order valence-electron chi connectivity index (χ3n) is 3.98. The van der Waals surface area contributed by atoms with Crippen LogP contribution in [0.1, 0.15) is 5.56 Å². The third kappa shape index (κ3) is 3.96. The molecule has 0 unspecified atom stereocenters. The highest BCUT2D eigenvalue weighted by atomic mass is 32.2. The summed E-state index contributed by atoms with van der Waals surface area (Å²) in [6.45, 7) is 0.253. The molecule has 0 spiro atoms. The molecule has 0 saturated carbocycles. The minimum absolute atomic E-state index is 0.253. The zero-order valence-corrected chi connectivity index (χ0v) is 15.3. The number of fused-ring (bicyclic) bond motifs is 1. The van der Waals surface area contributed by atoms with Crippen LogP contribution in [0.5, 0.6) is 11.5 Å². The zero-order chi connectivity index (χ0) is 18.7. The van der Waals surface area contributed by atoms with Crippen molar-refractivity contribution in [1.82, 2.24) is 14.3 Å². The molecule has 0 saturated heterocycles. The minimum atomic E-state index is -3.66. The van der Waals surface area contributed by atoms with Gasteiger partial charge in [0.15, 0.2) is 11.5 Å². The molecule has 8 nitrogen and oxygen atoms in total. The fourth-order valence-corrected chi connectivity index (χ4v) is 3.09. The Morgan fingerprint density at radius 2 is 1.77 bits per heavy atom. The Bertz CT molecular complexity index is 1010. The van der Waals surface area contributed by atoms with Gasteiger partial charge >= 0.3 is 0 Å². The number of methoxy groups -OCH3 is 2. The van der Waals surface area contributed by atoms with Gasteiger partial charge < -0.3 is 9.47 Å². The summed E-state index contributed by atoms with van der Waals surface area (Å²) < 4.78 is 36.7. The number of hydrogen-bond donors (Lipinski definition) is 2. The maximum Gasteiger partial charge on any atom is 0.274 e. The lowest BCUT2D eigenvalue weighted by atomic mass is 10.1. The molecule has 3 aromatic rings. The van der Waals surface area contributed by atoms with Gasteiger partial charge in [0.25, 0.3) is 10.2 Å². The number of aromatic nitrogens is 2. The maximum absolute atomic E-state index is 10.9. The first-order valence-electron chi connectivity index (χ1n) is 7.87. The third-order valence-corrected chi connectivity index (χ3v) is 4.59. The lowest BCUT2D eigenvalue weighted by molar-refractivity contribution is 0.355. The second-order valence-corrected chi connectivity index (χ2v) is 7.04. The topological polar surface area (TPSA) is 108 Å². The lowest BCUT2D eigenvalue weighted by Crippen LogP contribution is -2.32. The van der Waals surface area contributed by atoms with E-state index < -0.39 is 10.2 Å². The summed E-state index contributed by atoms with van der Waals surface area (Å²) in [7, 11) is -0.480. The largest absolute Gasteiger partial charge is 0.493 e. The second-order valence-electron chi connectivity index (χ2n) is 5.67. The van der Waals surface area contributed by atoms with Crippen LogP contribution in [0.15, 0.2) is 42.7 Å². The number of nitrogens with two attached hydrogens (primary N) is 1. The molecular formula is C17H20N4O4S. The SMILES string of the molecule is COc1cc2ncn(-c3ccc(CCNS(N)(=O)=O)cc3)c2cc1OC. The Morgan fingerprint density at radius 1 is 1.12 bits per heavy atom. The Kier molecular flexibility index (Phi) is 5.12. The fourth-order valence-electron chi connectivity index (χ4n) is 2.70. The summed E-state index contributed by atoms with van der Waals surface area (Å²) in [6.07, 6.45) is 2.29. The molecular weight excluding hydrogens is 356 g/mol. The van der Waals surface area contributed by atoms with E-state index in [9.17, 15) is 8.42 Å². The molecule has 1 aromatic heterocycles. The van der Waals surface area contributed by atoms with E-state index in [1.165, 1.54) is 0 Å². The van der Waals surface area contributed by atoms with Crippen LogP contribution < -0.4 is 19.3 Å². The highest BCUT2D eigenvalue weighted by Crippen LogP contribution is 2.32. The van der Waals surface area contributed by atoms with Gasteiger partial charge in [0.1, 0.15) is 6.33 Å². The second kappa shape index (κ2) is 7.32. The van der Waals surface area contributed by atoms with Crippen molar-refractivity contribution in [3.8, 4) is 17.2 Å². The first kappa shape index (κ1) is 18.2. The van der Waals surface area contributed by atoms with Crippen molar-refractivity contribution < 1.29 is 17.9 Å². The normalized spacial score (nSPS) is 11.7. The van der Waals surface area contributed by atoms with Gasteiger partial charge in [-0.25, -0.2) is 14.8 Å². The van der Waals surface area contributed by atoms with Crippen LogP contribution in [0.25, 0.3) is 16.7 Å². The first-order chi connectivity index (χ1) is 12.4. The standard InChI is InChI=1S/C17H20N4O4S/c1-24-16-9-14-15(10-17(16)25-2)21(11-19-14)13-5-3-12(4-6-13)7-8-20-26(18,22)23/h3-6,9-11,20H,7-8H2,1-2H3,(H2,18,22,23). The molecule has 2 aromatic carbocycles. The van der Waals surface area contributed by atoms with Crippen molar-refractivity contribution >= 4 is 21.2 Å². The summed E-state index contributed by atoms with van der Waals surface area (Å²) in [5.41, 5.74) is 3.62. The predicted octanol–water partition coefficient (Wildman–Crippen LogP) is 1.38. The van der Waals surface area contributed by atoms with Crippen LogP contribution in [-0.2, 0) is 16.6 Å². The summed E-state index contributed by atoms with van der Waals surface area (Å²) in [5.74, 6) is 1.26. The van der Waals surface area contributed by atoms with Crippen LogP contribution in [0.2, 0.25) is 0 Å². The molecule has 0 fully saturated rings. The molecule has 0 bridgehead atoms. The molecule has 3 rings (SSSR count). The molecule has 138 valence electrons. The number of nitrogens with zero attached hydrogens (tertiary/aromatic N) is 2. The minimum Gasteiger partial charge on any atom is -0.493 e. The van der Waals surface area contributed by atoms with Gasteiger partial charge in [0.05, 0.1) is 25.3 Å². The van der Waals surface area contributed by atoms with Crippen molar-refractivity contribution in [3.63, 3.8) is 0 Å². The Balaban J connectivity index is 1.85. The summed E-state index contributed by atoms with van der Waals surface area (Å²) in [6, 6.07) is 11.5. The summed E-state index contributed by atoms with van der Waals surface area (Å²) >= 11 is 0. The molecule has 3 N–H and O–H groups in total. The van der Waals surface area contributed by atoms with E-state index in [0.29, 0.717) is 17.9 Å². The van der Waals surface area contributed by atoms with E-state index in [-0.39, 0.29) is 6.54 Å². The van der Waals surface area contributed by atoms with Crippen molar-refractivity contribution in [2.24, 2.45) is 5.14 Å². The van der Waals surface area contributed by atoms with E-state index in [4.69, 9.17) is 14.6 Å². The zero-order valence-electron chi connectivity index (χ0n) is 14.5. The van der Waals surface area contributed by atoms with E-state index >= 15 is 0 Å². The number of hydrogen-bond acceptors (Lipinski definition) is 5. The summed E-state index contributed by atoms with van der Waals surface area (Å²) in [5, 5.41) is 4.92. The van der Waals surface area contributed by atoms with Crippen molar-refractivity contribution in [2.75, 3.05) is 20.8 Å². The highest BCUT2D eigenvalue weighted by molar-refractivity contribution is 7.87. The number of benzene rings is 2. The molecule has 9 heteroatoms. The molecule has 0 aliphatic heterocycles. The van der Waals surface area contributed by atoms with Gasteiger partial charge in [-0.2, -0.15) is 8.42 Å². The number of rotatable bonds is 7. The van der Waals surface area contributed by atoms with Crippen LogP contribution >= 0.6 is 0 Å². The van der Waals surface area contributed by atoms with Crippen LogP contribution in [0, 0.1) is 0 Å². The van der Waals surface area contributed by atoms with Gasteiger partial charge in [-0.3, -0.25) is 4.57 Å². The van der Waals surface area contributed by atoms with E-state index in [1.54, 1.807) is 20.5 Å². The first-order valence-corrected chi connectivity index (χ1v) is 9.41. The van der Waals surface area contributed by atoms with E-state index in [1.807, 2.05) is 41.0 Å². The number of imidazole rings is 1. The Hall–Kier alpha value is -2.62. The molecule has 0 aliphatic carbocycles. The highest BCUT2D eigenvalue weighted by Gasteiger charge is 2.11. The predicted molar refractivity (Wildman–Crippen MR) is 99.0 cm³/mol. The fraction of sp³-hybridized carbons (Fsp3) is 0.235. The number of ether oxygens (including phenoxy) is 2. The van der Waals surface area contributed by atoms with E-state index in [0.717, 1.165) is 22.3 Å². The Morgan fingerprint density at radius 3 is 2.38 bits per heavy atom. The Labute approximate surface area is 151 Å². The molecule has 0 radical (unpaired) electrons. The average molecular weight is 376 g/mol.